The van der Waals surface area contributed by atoms with Gasteiger partial charge in [0.1, 0.15) is 5.75 Å². The summed E-state index contributed by atoms with van der Waals surface area (Å²) in [6, 6.07) is 13.6. The largest absolute Gasteiger partial charge is 0.496 e. The van der Waals surface area contributed by atoms with Crippen molar-refractivity contribution in [2.45, 2.75) is 13.8 Å². The van der Waals surface area contributed by atoms with E-state index in [1.54, 1.807) is 20.1 Å². The van der Waals surface area contributed by atoms with Crippen molar-refractivity contribution in [1.29, 1.82) is 0 Å². The van der Waals surface area contributed by atoms with Crippen LogP contribution in [-0.2, 0) is 0 Å². The molecular weight excluding hydrogens is 224 g/mol. The van der Waals surface area contributed by atoms with Gasteiger partial charge in [-0.05, 0) is 43.2 Å². The minimum atomic E-state index is 0.0625. The molecule has 0 atom stereocenters. The van der Waals surface area contributed by atoms with Crippen LogP contribution in [0.25, 0.3) is 11.1 Å². The summed E-state index contributed by atoms with van der Waals surface area (Å²) < 4.78 is 5.38. The van der Waals surface area contributed by atoms with Gasteiger partial charge in [0.15, 0.2) is 5.78 Å². The Morgan fingerprint density at radius 2 is 1.78 bits per heavy atom. The molecule has 0 spiro atoms. The number of carbonyl (C=O) groups is 1. The number of ether oxygens (including phenoxy) is 1. The minimum absolute atomic E-state index is 0.0625. The molecule has 0 saturated heterocycles. The van der Waals surface area contributed by atoms with E-state index in [0.29, 0.717) is 5.56 Å². The molecule has 18 heavy (non-hydrogen) atoms. The van der Waals surface area contributed by atoms with Crippen LogP contribution >= 0.6 is 0 Å². The molecule has 0 aromatic heterocycles. The average Bonchev–Trinajstić information content (AvgIpc) is 2.38. The zero-order valence-electron chi connectivity index (χ0n) is 10.9. The lowest BCUT2D eigenvalue weighted by atomic mass is 9.97. The number of carbonyl (C=O) groups excluding carboxylic acids is 1. The predicted octanol–water partition coefficient (Wildman–Crippen LogP) is 3.87. The van der Waals surface area contributed by atoms with Gasteiger partial charge < -0.3 is 4.74 Å². The fraction of sp³-hybridized carbons (Fsp3) is 0.188. The van der Waals surface area contributed by atoms with Crippen LogP contribution < -0.4 is 4.74 Å². The van der Waals surface area contributed by atoms with E-state index in [1.165, 1.54) is 0 Å². The van der Waals surface area contributed by atoms with Gasteiger partial charge in [0.25, 0.3) is 0 Å². The summed E-state index contributed by atoms with van der Waals surface area (Å²) in [5.74, 6) is 0.849. The number of ketones is 1. The van der Waals surface area contributed by atoms with E-state index in [1.807, 2.05) is 30.3 Å². The Labute approximate surface area is 107 Å². The molecule has 0 radical (unpaired) electrons. The first-order chi connectivity index (χ1) is 8.63. The molecule has 2 nitrogen and oxygen atoms in total. The summed E-state index contributed by atoms with van der Waals surface area (Å²) in [6.07, 6.45) is 0. The van der Waals surface area contributed by atoms with E-state index in [-0.39, 0.29) is 5.78 Å². The second-order valence-corrected chi connectivity index (χ2v) is 4.29. The molecule has 0 aliphatic heterocycles. The maximum absolute atomic E-state index is 11.5. The van der Waals surface area contributed by atoms with E-state index in [9.17, 15) is 4.79 Å². The molecule has 0 saturated carbocycles. The number of hydrogen-bond acceptors (Lipinski definition) is 2. The van der Waals surface area contributed by atoms with Crippen molar-refractivity contribution in [3.05, 3.63) is 53.6 Å². The molecule has 0 aliphatic rings. The SMILES string of the molecule is COc1ccc(C(C)=O)cc1-c1ccccc1C. The van der Waals surface area contributed by atoms with Gasteiger partial charge >= 0.3 is 0 Å². The molecule has 0 amide bonds. The van der Waals surface area contributed by atoms with Gasteiger partial charge in [0.2, 0.25) is 0 Å². The first-order valence-electron chi connectivity index (χ1n) is 5.88. The van der Waals surface area contributed by atoms with Crippen LogP contribution in [-0.4, -0.2) is 12.9 Å². The van der Waals surface area contributed by atoms with Gasteiger partial charge in [-0.3, -0.25) is 4.79 Å². The quantitative estimate of drug-likeness (QED) is 0.761. The Morgan fingerprint density at radius 3 is 2.39 bits per heavy atom. The van der Waals surface area contributed by atoms with Gasteiger partial charge in [-0.25, -0.2) is 0 Å². The second-order valence-electron chi connectivity index (χ2n) is 4.29. The van der Waals surface area contributed by atoms with Crippen LogP contribution in [0.15, 0.2) is 42.5 Å². The van der Waals surface area contributed by atoms with Crippen LogP contribution in [0, 0.1) is 6.92 Å². The molecule has 0 unspecified atom stereocenters. The van der Waals surface area contributed by atoms with E-state index in [4.69, 9.17) is 4.74 Å². The number of Topliss-reactive ketones (excluding diaryl/α,β-unsaturated/α-hetero) is 1. The van der Waals surface area contributed by atoms with Crippen molar-refractivity contribution in [2.75, 3.05) is 7.11 Å². The standard InChI is InChI=1S/C16H16O2/c1-11-6-4-5-7-14(11)15-10-13(12(2)17)8-9-16(15)18-3/h4-10H,1-3H3. The Bertz CT molecular complexity index is 585. The lowest BCUT2D eigenvalue weighted by molar-refractivity contribution is 0.101. The fourth-order valence-corrected chi connectivity index (χ4v) is 2.01. The maximum atomic E-state index is 11.5. The molecule has 92 valence electrons. The lowest BCUT2D eigenvalue weighted by Gasteiger charge is -2.12. The second kappa shape index (κ2) is 5.05. The van der Waals surface area contributed by atoms with Crippen molar-refractivity contribution < 1.29 is 9.53 Å². The Hall–Kier alpha value is -2.09. The van der Waals surface area contributed by atoms with Crippen LogP contribution in [0.2, 0.25) is 0 Å². The van der Waals surface area contributed by atoms with Crippen LogP contribution in [0.5, 0.6) is 5.75 Å². The van der Waals surface area contributed by atoms with Gasteiger partial charge in [-0.2, -0.15) is 0 Å². The Morgan fingerprint density at radius 1 is 1.06 bits per heavy atom. The van der Waals surface area contributed by atoms with Crippen molar-refractivity contribution in [3.63, 3.8) is 0 Å². The first-order valence-corrected chi connectivity index (χ1v) is 5.88. The number of rotatable bonds is 3. The van der Waals surface area contributed by atoms with Gasteiger partial charge in [0.05, 0.1) is 7.11 Å². The van der Waals surface area contributed by atoms with Crippen LogP contribution in [0.4, 0.5) is 0 Å². The zero-order valence-corrected chi connectivity index (χ0v) is 10.9. The third-order valence-electron chi connectivity index (χ3n) is 3.04. The summed E-state index contributed by atoms with van der Waals surface area (Å²) in [6.45, 7) is 3.62. The van der Waals surface area contributed by atoms with Gasteiger partial charge in [0, 0.05) is 11.1 Å². The van der Waals surface area contributed by atoms with Crippen LogP contribution in [0.3, 0.4) is 0 Å². The number of methoxy groups -OCH3 is 1. The molecule has 2 aromatic rings. The van der Waals surface area contributed by atoms with E-state index in [2.05, 4.69) is 13.0 Å². The molecule has 0 bridgehead atoms. The highest BCUT2D eigenvalue weighted by Crippen LogP contribution is 2.32. The summed E-state index contributed by atoms with van der Waals surface area (Å²) in [5, 5.41) is 0. The average molecular weight is 240 g/mol. The van der Waals surface area contributed by atoms with Crippen molar-refractivity contribution in [3.8, 4) is 16.9 Å². The van der Waals surface area contributed by atoms with E-state index in [0.717, 1.165) is 22.4 Å². The molecule has 2 aromatic carbocycles. The molecule has 2 heteroatoms. The van der Waals surface area contributed by atoms with Gasteiger partial charge in [-0.1, -0.05) is 24.3 Å². The summed E-state index contributed by atoms with van der Waals surface area (Å²) in [4.78, 5) is 11.5. The summed E-state index contributed by atoms with van der Waals surface area (Å²) >= 11 is 0. The number of aryl methyl sites for hydroxylation is 1. The lowest BCUT2D eigenvalue weighted by Crippen LogP contribution is -1.96. The highest BCUT2D eigenvalue weighted by Gasteiger charge is 2.10. The predicted molar refractivity (Wildman–Crippen MR) is 73.2 cm³/mol. The molecule has 0 fully saturated rings. The van der Waals surface area contributed by atoms with E-state index < -0.39 is 0 Å². The van der Waals surface area contributed by atoms with Crippen molar-refractivity contribution in [2.24, 2.45) is 0 Å². The highest BCUT2D eigenvalue weighted by molar-refractivity contribution is 5.96. The van der Waals surface area contributed by atoms with Crippen molar-refractivity contribution in [1.82, 2.24) is 0 Å². The van der Waals surface area contributed by atoms with E-state index >= 15 is 0 Å². The first kappa shape index (κ1) is 12.4. The van der Waals surface area contributed by atoms with Gasteiger partial charge in [-0.15, -0.1) is 0 Å². The smallest absolute Gasteiger partial charge is 0.159 e. The topological polar surface area (TPSA) is 26.3 Å². The summed E-state index contributed by atoms with van der Waals surface area (Å²) in [7, 11) is 1.64. The maximum Gasteiger partial charge on any atom is 0.159 e. The van der Waals surface area contributed by atoms with Crippen LogP contribution in [0.1, 0.15) is 22.8 Å². The normalized spacial score (nSPS) is 10.2. The zero-order chi connectivity index (χ0) is 13.1. The molecular formula is C16H16O2. The molecule has 2 rings (SSSR count). The molecule has 0 heterocycles. The number of hydrogen-bond donors (Lipinski definition) is 0. The monoisotopic (exact) mass is 240 g/mol. The third-order valence-corrected chi connectivity index (χ3v) is 3.04. The summed E-state index contributed by atoms with van der Waals surface area (Å²) in [5.41, 5.74) is 3.92. The molecule has 0 aliphatic carbocycles. The Balaban J connectivity index is 2.64. The highest BCUT2D eigenvalue weighted by atomic mass is 16.5. The molecule has 0 N–H and O–H groups in total. The van der Waals surface area contributed by atoms with Crippen molar-refractivity contribution >= 4 is 5.78 Å². The fourth-order valence-electron chi connectivity index (χ4n) is 2.01. The third kappa shape index (κ3) is 2.28. The Kier molecular flexibility index (Phi) is 3.47. The number of benzene rings is 2. The minimum Gasteiger partial charge on any atom is -0.496 e.